The zero-order chi connectivity index (χ0) is 15.6. The van der Waals surface area contributed by atoms with Crippen molar-refractivity contribution >= 4 is 7.82 Å². The average molecular weight is 390 g/mol. The molecule has 1 unspecified atom stereocenters. The molecular formula is C15H21K2O5P. The van der Waals surface area contributed by atoms with Crippen molar-refractivity contribution in [1.29, 1.82) is 0 Å². The molecule has 0 amide bonds. The summed E-state index contributed by atoms with van der Waals surface area (Å²) >= 11 is 0. The van der Waals surface area contributed by atoms with E-state index in [1.807, 2.05) is 32.0 Å². The molecule has 0 bridgehead atoms. The van der Waals surface area contributed by atoms with Crippen LogP contribution in [0.4, 0.5) is 0 Å². The van der Waals surface area contributed by atoms with Crippen molar-refractivity contribution < 1.29 is 126 Å². The summed E-state index contributed by atoms with van der Waals surface area (Å²) in [5.74, 6) is 1.89. The Morgan fingerprint density at radius 2 is 1.74 bits per heavy atom. The second-order valence-electron chi connectivity index (χ2n) is 5.88. The fraction of sp³-hybridized carbons (Fsp3) is 0.600. The summed E-state index contributed by atoms with van der Waals surface area (Å²) in [7, 11) is -5.01. The van der Waals surface area contributed by atoms with Gasteiger partial charge in [0.25, 0.3) is 0 Å². The third kappa shape index (κ3) is 8.30. The summed E-state index contributed by atoms with van der Waals surface area (Å²) in [5, 5.41) is 0. The molecule has 1 fully saturated rings. The maximum Gasteiger partial charge on any atom is 1.00 e. The molecule has 0 heterocycles. The third-order valence-electron chi connectivity index (χ3n) is 3.93. The first-order valence-electron chi connectivity index (χ1n) is 7.22. The Balaban J connectivity index is 0.00000242. The van der Waals surface area contributed by atoms with Crippen molar-refractivity contribution in [2.75, 3.05) is 6.79 Å². The van der Waals surface area contributed by atoms with Gasteiger partial charge in [-0.3, -0.25) is 0 Å². The summed E-state index contributed by atoms with van der Waals surface area (Å²) in [6, 6.07) is 5.94. The topological polar surface area (TPSA) is 81.7 Å². The first kappa shape index (κ1) is 25.4. The van der Waals surface area contributed by atoms with E-state index < -0.39 is 14.6 Å². The maximum absolute atomic E-state index is 10.5. The van der Waals surface area contributed by atoms with Gasteiger partial charge in [-0.15, -0.1) is 0 Å². The molecule has 0 N–H and O–H groups in total. The van der Waals surface area contributed by atoms with Crippen LogP contribution in [0.1, 0.15) is 56.6 Å². The number of rotatable bonds is 7. The Labute approximate surface area is 223 Å². The van der Waals surface area contributed by atoms with E-state index in [-0.39, 0.29) is 109 Å². The van der Waals surface area contributed by atoms with Gasteiger partial charge in [0.05, 0.1) is 7.82 Å². The van der Waals surface area contributed by atoms with Crippen LogP contribution in [0.3, 0.4) is 0 Å². The van der Waals surface area contributed by atoms with E-state index in [1.54, 1.807) is 0 Å². The minimum Gasteiger partial charge on any atom is -0.790 e. The molecule has 1 saturated carbocycles. The number of benzene rings is 1. The fourth-order valence-corrected chi connectivity index (χ4v) is 2.74. The monoisotopic (exact) mass is 390 g/mol. The molecule has 0 saturated heterocycles. The molecule has 118 valence electrons. The number of phosphoric acid groups is 1. The van der Waals surface area contributed by atoms with E-state index in [9.17, 15) is 14.4 Å². The van der Waals surface area contributed by atoms with Crippen LogP contribution in [0.5, 0.6) is 5.75 Å². The number of hydrogen-bond donors (Lipinski definition) is 0. The molecule has 1 aliphatic rings. The van der Waals surface area contributed by atoms with Crippen molar-refractivity contribution in [3.05, 3.63) is 29.3 Å². The van der Waals surface area contributed by atoms with Gasteiger partial charge >= 0.3 is 103 Å². The zero-order valence-electron chi connectivity index (χ0n) is 14.6. The van der Waals surface area contributed by atoms with Gasteiger partial charge < -0.3 is 23.6 Å². The second-order valence-corrected chi connectivity index (χ2v) is 7.04. The van der Waals surface area contributed by atoms with Gasteiger partial charge in [-0.1, -0.05) is 39.0 Å². The van der Waals surface area contributed by atoms with E-state index in [2.05, 4.69) is 11.4 Å². The van der Waals surface area contributed by atoms with Crippen LogP contribution >= 0.6 is 7.82 Å². The van der Waals surface area contributed by atoms with Gasteiger partial charge in [-0.2, -0.15) is 0 Å². The molecule has 8 heteroatoms. The minimum absolute atomic E-state index is 0. The molecule has 23 heavy (non-hydrogen) atoms. The number of para-hydroxylation sites is 1. The molecule has 0 aromatic heterocycles. The van der Waals surface area contributed by atoms with Crippen LogP contribution in [-0.2, 0) is 9.09 Å². The summed E-state index contributed by atoms with van der Waals surface area (Å²) in [5.41, 5.74) is 2.05. The quantitative estimate of drug-likeness (QED) is 0.274. The van der Waals surface area contributed by atoms with Crippen molar-refractivity contribution in [2.24, 2.45) is 5.92 Å². The number of ether oxygens (including phenoxy) is 1. The first-order valence-corrected chi connectivity index (χ1v) is 8.68. The Morgan fingerprint density at radius 3 is 2.22 bits per heavy atom. The van der Waals surface area contributed by atoms with Gasteiger partial charge in [0.2, 0.25) is 0 Å². The summed E-state index contributed by atoms with van der Waals surface area (Å²) < 4.78 is 20.3. The van der Waals surface area contributed by atoms with Crippen molar-refractivity contribution in [1.82, 2.24) is 0 Å². The number of phosphoric ester groups is 1. The number of hydrogen-bond acceptors (Lipinski definition) is 5. The minimum atomic E-state index is -5.01. The SMILES string of the molecule is CC(C)c1cccc(C(C)C2CC2)c1OCOP(=O)([O-])[O-].[K+].[K+]. The van der Waals surface area contributed by atoms with E-state index in [1.165, 1.54) is 12.8 Å². The summed E-state index contributed by atoms with van der Waals surface area (Å²) in [4.78, 5) is 21.1. The van der Waals surface area contributed by atoms with E-state index in [4.69, 9.17) is 4.74 Å². The van der Waals surface area contributed by atoms with Crippen molar-refractivity contribution in [2.45, 2.75) is 45.4 Å². The molecule has 1 atom stereocenters. The Hall–Kier alpha value is 2.40. The van der Waals surface area contributed by atoms with Crippen molar-refractivity contribution in [3.63, 3.8) is 0 Å². The first-order chi connectivity index (χ1) is 9.79. The van der Waals surface area contributed by atoms with E-state index in [0.717, 1.165) is 11.1 Å². The van der Waals surface area contributed by atoms with Crippen LogP contribution in [-0.4, -0.2) is 6.79 Å². The van der Waals surface area contributed by atoms with Gasteiger partial charge in [-0.25, -0.2) is 0 Å². The summed E-state index contributed by atoms with van der Waals surface area (Å²) in [6.07, 6.45) is 2.42. The smallest absolute Gasteiger partial charge is 0.790 e. The second kappa shape index (κ2) is 11.3. The third-order valence-corrected chi connectivity index (χ3v) is 4.35. The van der Waals surface area contributed by atoms with Crippen LogP contribution in [0.2, 0.25) is 0 Å². The molecule has 0 aliphatic heterocycles. The van der Waals surface area contributed by atoms with Gasteiger partial charge in [-0.05, 0) is 41.7 Å². The van der Waals surface area contributed by atoms with Crippen LogP contribution in [0, 0.1) is 5.92 Å². The van der Waals surface area contributed by atoms with Gasteiger partial charge in [0.15, 0.2) is 6.79 Å². The molecule has 0 spiro atoms. The van der Waals surface area contributed by atoms with Crippen LogP contribution in [0.25, 0.3) is 0 Å². The Morgan fingerprint density at radius 1 is 1.17 bits per heavy atom. The Bertz CT molecular complexity index is 543. The summed E-state index contributed by atoms with van der Waals surface area (Å²) in [6.45, 7) is 5.66. The predicted octanol–water partition coefficient (Wildman–Crippen LogP) is -3.49. The standard InChI is InChI=1S/C15H23O5P.2K/c1-10(2)13-5-4-6-14(11(3)12-7-8-12)15(13)19-9-20-21(16,17)18;;/h4-6,10-12H,7-9H2,1-3H3,(H2,16,17,18);;/q;2*+1/p-2. The Kier molecular flexibility index (Phi) is 12.5. The predicted molar refractivity (Wildman–Crippen MR) is 75.9 cm³/mol. The van der Waals surface area contributed by atoms with Crippen LogP contribution in [0.15, 0.2) is 18.2 Å². The molecule has 1 aromatic carbocycles. The molecular weight excluding hydrogens is 369 g/mol. The molecule has 5 nitrogen and oxygen atoms in total. The van der Waals surface area contributed by atoms with Crippen molar-refractivity contribution in [3.8, 4) is 5.75 Å². The van der Waals surface area contributed by atoms with Crippen LogP contribution < -0.4 is 117 Å². The largest absolute Gasteiger partial charge is 1.00 e. The molecule has 2 rings (SSSR count). The fourth-order valence-electron chi connectivity index (χ4n) is 2.55. The molecule has 0 radical (unpaired) electrons. The normalized spacial score (nSPS) is 15.6. The van der Waals surface area contributed by atoms with Gasteiger partial charge in [0, 0.05) is 0 Å². The van der Waals surface area contributed by atoms with Gasteiger partial charge in [0.1, 0.15) is 5.75 Å². The zero-order valence-corrected chi connectivity index (χ0v) is 21.7. The average Bonchev–Trinajstić information content (AvgIpc) is 3.20. The van der Waals surface area contributed by atoms with E-state index in [0.29, 0.717) is 17.6 Å². The molecule has 1 aromatic rings. The maximum atomic E-state index is 10.5. The van der Waals surface area contributed by atoms with E-state index >= 15 is 0 Å². The molecule has 1 aliphatic carbocycles.